The lowest BCUT2D eigenvalue weighted by Gasteiger charge is -1.99. The predicted octanol–water partition coefficient (Wildman–Crippen LogP) is -0.907. The minimum Gasteiger partial charge on any atom is -0.354 e. The van der Waals surface area contributed by atoms with E-state index in [-0.39, 0.29) is 34.6 Å². The summed E-state index contributed by atoms with van der Waals surface area (Å²) < 4.78 is 1.95. The van der Waals surface area contributed by atoms with Crippen molar-refractivity contribution in [1.29, 1.82) is 0 Å². The van der Waals surface area contributed by atoms with Gasteiger partial charge in [-0.3, -0.25) is 28.0 Å². The van der Waals surface area contributed by atoms with Gasteiger partial charge in [-0.2, -0.15) is 0 Å². The zero-order chi connectivity index (χ0) is 16.0. The largest absolute Gasteiger partial charge is 0.354 e. The normalized spacial score (nSPS) is 11.2. The first-order valence-electron chi connectivity index (χ1n) is 6.50. The molecular weight excluding hydrogens is 290 g/mol. The number of nitrogens with one attached hydrogen (secondary N) is 1. The van der Waals surface area contributed by atoms with Crippen molar-refractivity contribution < 1.29 is 9.59 Å². The molecule has 22 heavy (non-hydrogen) atoms. The first-order chi connectivity index (χ1) is 10.5. The van der Waals surface area contributed by atoms with Gasteiger partial charge in [0, 0.05) is 13.5 Å². The lowest BCUT2D eigenvalue weighted by atomic mass is 10.2. The monoisotopic (exact) mass is 301 g/mol. The van der Waals surface area contributed by atoms with Crippen LogP contribution in [0.1, 0.15) is 34.3 Å². The van der Waals surface area contributed by atoms with Crippen molar-refractivity contribution in [2.75, 3.05) is 7.05 Å². The molecule has 0 atom stereocenters. The van der Waals surface area contributed by atoms with Crippen LogP contribution in [0.5, 0.6) is 0 Å². The van der Waals surface area contributed by atoms with E-state index < -0.39 is 17.0 Å². The molecule has 0 aromatic carbocycles. The van der Waals surface area contributed by atoms with Gasteiger partial charge in [-0.15, -0.1) is 0 Å². The predicted molar refractivity (Wildman–Crippen MR) is 75.7 cm³/mol. The van der Waals surface area contributed by atoms with E-state index in [1.165, 1.54) is 7.05 Å². The number of aromatic nitrogens is 4. The van der Waals surface area contributed by atoms with Gasteiger partial charge in [0.25, 0.3) is 17.0 Å². The third kappa shape index (κ3) is 1.65. The maximum Gasteiger partial charge on any atom is 0.283 e. The molecule has 3 rings (SSSR count). The molecule has 0 aliphatic heterocycles. The van der Waals surface area contributed by atoms with Gasteiger partial charge >= 0.3 is 0 Å². The Morgan fingerprint density at radius 1 is 1.05 bits per heavy atom. The summed E-state index contributed by atoms with van der Waals surface area (Å²) in [6.45, 7) is 1.63. The van der Waals surface area contributed by atoms with E-state index in [0.29, 0.717) is 0 Å². The fraction of sp³-hybridized carbons (Fsp3) is 0.231. The van der Waals surface area contributed by atoms with Crippen molar-refractivity contribution in [2.45, 2.75) is 13.3 Å². The van der Waals surface area contributed by atoms with Gasteiger partial charge in [-0.05, 0) is 0 Å². The van der Waals surface area contributed by atoms with Crippen LogP contribution in [0.3, 0.4) is 0 Å². The van der Waals surface area contributed by atoms with Crippen molar-refractivity contribution >= 4 is 22.7 Å². The van der Waals surface area contributed by atoms with Crippen LogP contribution in [0.25, 0.3) is 11.0 Å². The number of rotatable bonds is 3. The highest BCUT2D eigenvalue weighted by atomic mass is 16.2. The SMILES string of the molecule is CCC(=O)c1ncn2c(=O)c3c(C(=O)NC)ncn3c(=O)c12. The Bertz CT molecular complexity index is 948. The van der Waals surface area contributed by atoms with Gasteiger partial charge in [-0.1, -0.05) is 6.92 Å². The van der Waals surface area contributed by atoms with E-state index in [2.05, 4.69) is 15.3 Å². The van der Waals surface area contributed by atoms with E-state index in [0.717, 1.165) is 21.5 Å². The lowest BCUT2D eigenvalue weighted by molar-refractivity contribution is 0.0958. The second kappa shape index (κ2) is 4.72. The highest BCUT2D eigenvalue weighted by Gasteiger charge is 2.23. The van der Waals surface area contributed by atoms with Crippen molar-refractivity contribution in [3.63, 3.8) is 0 Å². The molecule has 1 amide bonds. The summed E-state index contributed by atoms with van der Waals surface area (Å²) in [4.78, 5) is 56.3. The first kappa shape index (κ1) is 13.9. The Kier molecular flexibility index (Phi) is 2.98. The molecule has 9 nitrogen and oxygen atoms in total. The number of hydrogen-bond donors (Lipinski definition) is 1. The minimum absolute atomic E-state index is 0.0540. The smallest absolute Gasteiger partial charge is 0.283 e. The molecule has 0 aliphatic carbocycles. The number of ketones is 1. The molecule has 0 unspecified atom stereocenters. The Morgan fingerprint density at radius 3 is 2.05 bits per heavy atom. The van der Waals surface area contributed by atoms with Crippen LogP contribution >= 0.6 is 0 Å². The fourth-order valence-electron chi connectivity index (χ4n) is 2.30. The van der Waals surface area contributed by atoms with Crippen LogP contribution in [-0.2, 0) is 0 Å². The first-order valence-corrected chi connectivity index (χ1v) is 6.50. The number of imidazole rings is 2. The molecule has 3 aromatic heterocycles. The zero-order valence-electron chi connectivity index (χ0n) is 11.8. The average molecular weight is 301 g/mol. The highest BCUT2D eigenvalue weighted by molar-refractivity contribution is 6.01. The molecule has 0 radical (unpaired) electrons. The van der Waals surface area contributed by atoms with Crippen molar-refractivity contribution in [3.05, 3.63) is 44.8 Å². The summed E-state index contributed by atoms with van der Waals surface area (Å²) in [6.07, 6.45) is 2.37. The van der Waals surface area contributed by atoms with Gasteiger partial charge in [0.05, 0.1) is 0 Å². The Morgan fingerprint density at radius 2 is 1.55 bits per heavy atom. The lowest BCUT2D eigenvalue weighted by Crippen LogP contribution is -2.28. The summed E-state index contributed by atoms with van der Waals surface area (Å²) in [5, 5.41) is 2.35. The summed E-state index contributed by atoms with van der Waals surface area (Å²) in [6, 6.07) is 0. The number of carbonyl (C=O) groups is 2. The van der Waals surface area contributed by atoms with Crippen molar-refractivity contribution in [1.82, 2.24) is 24.1 Å². The number of fused-ring (bicyclic) bond motifs is 2. The second-order valence-corrected chi connectivity index (χ2v) is 4.59. The molecule has 0 aliphatic rings. The van der Waals surface area contributed by atoms with Crippen LogP contribution < -0.4 is 16.4 Å². The molecule has 112 valence electrons. The summed E-state index contributed by atoms with van der Waals surface area (Å²) in [5.41, 5.74) is -1.71. The quantitative estimate of drug-likeness (QED) is 0.626. The standard InChI is InChI=1S/C13H11N5O4/c1-3-6(19)7-9-12(21)18-5-16-8(11(20)14-2)10(18)13(22)17(9)4-15-7/h4-5H,3H2,1-2H3,(H,14,20). The molecule has 9 heteroatoms. The Labute approximate surface area is 122 Å². The summed E-state index contributed by atoms with van der Waals surface area (Å²) in [7, 11) is 1.39. The molecular formula is C13H11N5O4. The molecule has 3 heterocycles. The second-order valence-electron chi connectivity index (χ2n) is 4.59. The molecule has 0 fully saturated rings. The summed E-state index contributed by atoms with van der Waals surface area (Å²) >= 11 is 0. The van der Waals surface area contributed by atoms with E-state index in [4.69, 9.17) is 0 Å². The molecule has 1 N–H and O–H groups in total. The maximum atomic E-state index is 12.5. The van der Waals surface area contributed by atoms with Gasteiger partial charge in [-0.25, -0.2) is 9.97 Å². The maximum absolute atomic E-state index is 12.5. The molecule has 0 spiro atoms. The van der Waals surface area contributed by atoms with Crippen LogP contribution in [0.2, 0.25) is 0 Å². The van der Waals surface area contributed by atoms with Crippen LogP contribution in [0.15, 0.2) is 22.2 Å². The minimum atomic E-state index is -0.631. The van der Waals surface area contributed by atoms with Crippen LogP contribution in [0.4, 0.5) is 0 Å². The Balaban J connectivity index is 2.51. The summed E-state index contributed by atoms with van der Waals surface area (Å²) in [5.74, 6) is -0.923. The van der Waals surface area contributed by atoms with Gasteiger partial charge in [0.1, 0.15) is 29.4 Å². The van der Waals surface area contributed by atoms with Crippen LogP contribution in [-0.4, -0.2) is 37.5 Å². The van der Waals surface area contributed by atoms with E-state index in [1.807, 2.05) is 0 Å². The number of amides is 1. The third-order valence-electron chi connectivity index (χ3n) is 3.41. The van der Waals surface area contributed by atoms with Crippen LogP contribution in [0, 0.1) is 0 Å². The van der Waals surface area contributed by atoms with Crippen molar-refractivity contribution in [3.8, 4) is 0 Å². The molecule has 0 saturated heterocycles. The van der Waals surface area contributed by atoms with Gasteiger partial charge in [0.15, 0.2) is 11.5 Å². The Hall–Kier alpha value is -3.10. The van der Waals surface area contributed by atoms with Gasteiger partial charge < -0.3 is 5.32 Å². The molecule has 0 saturated carbocycles. The third-order valence-corrected chi connectivity index (χ3v) is 3.41. The zero-order valence-corrected chi connectivity index (χ0v) is 11.8. The number of hydrogen-bond acceptors (Lipinski definition) is 6. The number of Topliss-reactive ketones (excluding diaryl/α,β-unsaturated/α-hetero) is 1. The average Bonchev–Trinajstić information content (AvgIpc) is 3.15. The molecule has 0 bridgehead atoms. The fourth-order valence-corrected chi connectivity index (χ4v) is 2.30. The highest BCUT2D eigenvalue weighted by Crippen LogP contribution is 2.09. The van der Waals surface area contributed by atoms with Gasteiger partial charge in [0.2, 0.25) is 0 Å². The topological polar surface area (TPSA) is 115 Å². The molecule has 3 aromatic rings. The van der Waals surface area contributed by atoms with E-state index in [1.54, 1.807) is 6.92 Å². The van der Waals surface area contributed by atoms with Crippen molar-refractivity contribution in [2.24, 2.45) is 0 Å². The number of nitrogens with zero attached hydrogens (tertiary/aromatic N) is 4. The van der Waals surface area contributed by atoms with E-state index in [9.17, 15) is 19.2 Å². The number of carbonyl (C=O) groups excluding carboxylic acids is 2. The van der Waals surface area contributed by atoms with E-state index >= 15 is 0 Å².